The van der Waals surface area contributed by atoms with Crippen molar-refractivity contribution in [1.82, 2.24) is 4.90 Å². The molecule has 1 aliphatic heterocycles. The SMILES string of the molecule is CCOCCOCC1CCN(C)CC1. The van der Waals surface area contributed by atoms with E-state index < -0.39 is 0 Å². The summed E-state index contributed by atoms with van der Waals surface area (Å²) in [5.74, 6) is 0.771. The Morgan fingerprint density at radius 3 is 2.43 bits per heavy atom. The molecule has 0 aliphatic carbocycles. The monoisotopic (exact) mass is 201 g/mol. The van der Waals surface area contributed by atoms with Gasteiger partial charge in [0, 0.05) is 13.2 Å². The van der Waals surface area contributed by atoms with Crippen LogP contribution in [0.15, 0.2) is 0 Å². The van der Waals surface area contributed by atoms with Crippen LogP contribution >= 0.6 is 0 Å². The van der Waals surface area contributed by atoms with Crippen LogP contribution in [-0.2, 0) is 9.47 Å². The van der Waals surface area contributed by atoms with Gasteiger partial charge in [0.05, 0.1) is 13.2 Å². The highest BCUT2D eigenvalue weighted by Crippen LogP contribution is 2.15. The minimum atomic E-state index is 0.739. The van der Waals surface area contributed by atoms with Crippen LogP contribution in [0.2, 0.25) is 0 Å². The van der Waals surface area contributed by atoms with E-state index in [1.165, 1.54) is 25.9 Å². The topological polar surface area (TPSA) is 21.7 Å². The highest BCUT2D eigenvalue weighted by Gasteiger charge is 2.16. The third-order valence-corrected chi connectivity index (χ3v) is 2.77. The minimum Gasteiger partial charge on any atom is -0.379 e. The standard InChI is InChI=1S/C11H23NO2/c1-3-13-8-9-14-10-11-4-6-12(2)7-5-11/h11H,3-10H2,1-2H3. The lowest BCUT2D eigenvalue weighted by atomic mass is 9.98. The second-order valence-electron chi connectivity index (χ2n) is 4.02. The first-order valence-electron chi connectivity index (χ1n) is 5.67. The van der Waals surface area contributed by atoms with E-state index in [0.717, 1.165) is 32.3 Å². The quantitative estimate of drug-likeness (QED) is 0.606. The summed E-state index contributed by atoms with van der Waals surface area (Å²) in [6.07, 6.45) is 2.57. The number of rotatable bonds is 6. The highest BCUT2D eigenvalue weighted by atomic mass is 16.5. The summed E-state index contributed by atoms with van der Waals surface area (Å²) in [4.78, 5) is 2.39. The molecule has 3 nitrogen and oxygen atoms in total. The maximum Gasteiger partial charge on any atom is 0.0700 e. The van der Waals surface area contributed by atoms with Gasteiger partial charge in [0.1, 0.15) is 0 Å². The van der Waals surface area contributed by atoms with Crippen molar-refractivity contribution in [2.75, 3.05) is 46.6 Å². The lowest BCUT2D eigenvalue weighted by molar-refractivity contribution is 0.0265. The van der Waals surface area contributed by atoms with E-state index in [2.05, 4.69) is 11.9 Å². The zero-order valence-corrected chi connectivity index (χ0v) is 9.50. The summed E-state index contributed by atoms with van der Waals surface area (Å²) >= 11 is 0. The molecular weight excluding hydrogens is 178 g/mol. The van der Waals surface area contributed by atoms with Crippen LogP contribution in [0.1, 0.15) is 19.8 Å². The van der Waals surface area contributed by atoms with Gasteiger partial charge in [-0.2, -0.15) is 0 Å². The Kier molecular flexibility index (Phi) is 6.15. The van der Waals surface area contributed by atoms with Crippen LogP contribution < -0.4 is 0 Å². The first-order chi connectivity index (χ1) is 6.83. The van der Waals surface area contributed by atoms with E-state index in [-0.39, 0.29) is 0 Å². The maximum absolute atomic E-state index is 5.57. The molecule has 0 radical (unpaired) electrons. The summed E-state index contributed by atoms with van der Waals surface area (Å²) in [5, 5.41) is 0. The fraction of sp³-hybridized carbons (Fsp3) is 1.00. The Morgan fingerprint density at radius 1 is 1.14 bits per heavy atom. The van der Waals surface area contributed by atoms with Crippen molar-refractivity contribution in [1.29, 1.82) is 0 Å². The average Bonchev–Trinajstić information content (AvgIpc) is 2.21. The number of hydrogen-bond acceptors (Lipinski definition) is 3. The fourth-order valence-electron chi connectivity index (χ4n) is 1.74. The van der Waals surface area contributed by atoms with E-state index in [1.54, 1.807) is 0 Å². The van der Waals surface area contributed by atoms with Crippen LogP contribution in [0, 0.1) is 5.92 Å². The number of ether oxygens (including phenoxy) is 2. The molecule has 84 valence electrons. The lowest BCUT2D eigenvalue weighted by Gasteiger charge is -2.28. The second kappa shape index (κ2) is 7.21. The Bertz CT molecular complexity index is 133. The van der Waals surface area contributed by atoms with Crippen LogP contribution in [0.25, 0.3) is 0 Å². The molecule has 0 amide bonds. The Morgan fingerprint density at radius 2 is 1.79 bits per heavy atom. The molecule has 0 atom stereocenters. The Hall–Kier alpha value is -0.120. The molecule has 0 spiro atoms. The molecule has 0 aromatic carbocycles. The first-order valence-corrected chi connectivity index (χ1v) is 5.67. The molecule has 0 bridgehead atoms. The molecule has 0 aromatic rings. The maximum atomic E-state index is 5.57. The number of piperidine rings is 1. The third kappa shape index (κ3) is 4.94. The van der Waals surface area contributed by atoms with Crippen molar-refractivity contribution in [3.05, 3.63) is 0 Å². The molecular formula is C11H23NO2. The van der Waals surface area contributed by atoms with Gasteiger partial charge in [0.15, 0.2) is 0 Å². The molecule has 0 N–H and O–H groups in total. The molecule has 1 aliphatic rings. The summed E-state index contributed by atoms with van der Waals surface area (Å²) in [6, 6.07) is 0. The van der Waals surface area contributed by atoms with Gasteiger partial charge >= 0.3 is 0 Å². The van der Waals surface area contributed by atoms with Gasteiger partial charge in [-0.3, -0.25) is 0 Å². The first kappa shape index (κ1) is 12.0. The van der Waals surface area contributed by atoms with Crippen molar-refractivity contribution in [3.8, 4) is 0 Å². The van der Waals surface area contributed by atoms with Gasteiger partial charge in [-0.1, -0.05) is 0 Å². The molecule has 0 unspecified atom stereocenters. The molecule has 1 heterocycles. The Balaban J connectivity index is 1.91. The molecule has 0 aromatic heterocycles. The summed E-state index contributed by atoms with van der Waals surface area (Å²) in [6.45, 7) is 7.65. The zero-order valence-electron chi connectivity index (χ0n) is 9.50. The molecule has 0 saturated carbocycles. The summed E-state index contributed by atoms with van der Waals surface area (Å²) < 4.78 is 10.8. The van der Waals surface area contributed by atoms with E-state index in [0.29, 0.717) is 0 Å². The fourth-order valence-corrected chi connectivity index (χ4v) is 1.74. The van der Waals surface area contributed by atoms with Crippen molar-refractivity contribution >= 4 is 0 Å². The van der Waals surface area contributed by atoms with Gasteiger partial charge in [-0.15, -0.1) is 0 Å². The van der Waals surface area contributed by atoms with Gasteiger partial charge < -0.3 is 14.4 Å². The zero-order chi connectivity index (χ0) is 10.2. The molecule has 14 heavy (non-hydrogen) atoms. The molecule has 1 saturated heterocycles. The average molecular weight is 201 g/mol. The van der Waals surface area contributed by atoms with Gasteiger partial charge in [-0.05, 0) is 45.8 Å². The summed E-state index contributed by atoms with van der Waals surface area (Å²) in [7, 11) is 2.19. The second-order valence-corrected chi connectivity index (χ2v) is 4.02. The number of nitrogens with zero attached hydrogens (tertiary/aromatic N) is 1. The molecule has 3 heteroatoms. The molecule has 1 rings (SSSR count). The smallest absolute Gasteiger partial charge is 0.0700 e. The normalized spacial score (nSPS) is 20.1. The van der Waals surface area contributed by atoms with Crippen molar-refractivity contribution < 1.29 is 9.47 Å². The van der Waals surface area contributed by atoms with Crippen molar-refractivity contribution in [2.45, 2.75) is 19.8 Å². The van der Waals surface area contributed by atoms with E-state index in [4.69, 9.17) is 9.47 Å². The van der Waals surface area contributed by atoms with Gasteiger partial charge in [0.2, 0.25) is 0 Å². The van der Waals surface area contributed by atoms with Crippen molar-refractivity contribution in [2.24, 2.45) is 5.92 Å². The number of hydrogen-bond donors (Lipinski definition) is 0. The van der Waals surface area contributed by atoms with Crippen LogP contribution in [-0.4, -0.2) is 51.5 Å². The highest BCUT2D eigenvalue weighted by molar-refractivity contribution is 4.69. The van der Waals surface area contributed by atoms with Gasteiger partial charge in [0.25, 0.3) is 0 Å². The third-order valence-electron chi connectivity index (χ3n) is 2.77. The van der Waals surface area contributed by atoms with E-state index >= 15 is 0 Å². The van der Waals surface area contributed by atoms with E-state index in [1.807, 2.05) is 6.92 Å². The van der Waals surface area contributed by atoms with Crippen molar-refractivity contribution in [3.63, 3.8) is 0 Å². The minimum absolute atomic E-state index is 0.739. The van der Waals surface area contributed by atoms with Gasteiger partial charge in [-0.25, -0.2) is 0 Å². The predicted molar refractivity (Wildman–Crippen MR) is 57.5 cm³/mol. The largest absolute Gasteiger partial charge is 0.379 e. The lowest BCUT2D eigenvalue weighted by Crippen LogP contribution is -2.32. The molecule has 1 fully saturated rings. The summed E-state index contributed by atoms with van der Waals surface area (Å²) in [5.41, 5.74) is 0. The Labute approximate surface area is 87.4 Å². The van der Waals surface area contributed by atoms with Crippen LogP contribution in [0.3, 0.4) is 0 Å². The van der Waals surface area contributed by atoms with E-state index in [9.17, 15) is 0 Å². The predicted octanol–water partition coefficient (Wildman–Crippen LogP) is 1.38. The van der Waals surface area contributed by atoms with Crippen LogP contribution in [0.5, 0.6) is 0 Å². The number of likely N-dealkylation sites (tertiary alicyclic amines) is 1. The van der Waals surface area contributed by atoms with Crippen LogP contribution in [0.4, 0.5) is 0 Å².